The van der Waals surface area contributed by atoms with Crippen molar-refractivity contribution in [1.29, 1.82) is 0 Å². The number of carbonyl (C=O) groups is 1. The van der Waals surface area contributed by atoms with Crippen LogP contribution in [0.2, 0.25) is 0 Å². The highest BCUT2D eigenvalue weighted by Crippen LogP contribution is 2.40. The maximum Gasteiger partial charge on any atom is 0.221 e. The van der Waals surface area contributed by atoms with Gasteiger partial charge in [0.1, 0.15) is 22.0 Å². The smallest absolute Gasteiger partial charge is 0.221 e. The Morgan fingerprint density at radius 1 is 1.47 bits per heavy atom. The van der Waals surface area contributed by atoms with Gasteiger partial charge in [-0.1, -0.05) is 6.92 Å². The molecule has 104 valence electrons. The zero-order valence-electron chi connectivity index (χ0n) is 11.2. The number of anilines is 1. The Labute approximate surface area is 112 Å². The lowest BCUT2D eigenvalue weighted by Gasteiger charge is -2.33. The number of amides is 1. The summed E-state index contributed by atoms with van der Waals surface area (Å²) < 4.78 is 29.7. The van der Waals surface area contributed by atoms with Crippen molar-refractivity contribution in [2.24, 2.45) is 0 Å². The topological polar surface area (TPSA) is 72.5 Å². The maximum absolute atomic E-state index is 12.5. The number of sulfone groups is 1. The first-order valence-electron chi connectivity index (χ1n) is 6.09. The summed E-state index contributed by atoms with van der Waals surface area (Å²) in [5, 5.41) is 2.60. The number of hydrogen-bond donors (Lipinski definition) is 1. The summed E-state index contributed by atoms with van der Waals surface area (Å²) in [5.74, 6) is 0.0918. The van der Waals surface area contributed by atoms with E-state index in [4.69, 9.17) is 4.74 Å². The highest BCUT2D eigenvalue weighted by atomic mass is 32.2. The van der Waals surface area contributed by atoms with E-state index in [1.165, 1.54) is 13.0 Å². The fourth-order valence-corrected chi connectivity index (χ4v) is 3.74. The number of rotatable bonds is 2. The average molecular weight is 283 g/mol. The second kappa shape index (κ2) is 4.52. The normalized spacial score (nSPS) is 24.2. The van der Waals surface area contributed by atoms with E-state index in [0.717, 1.165) is 0 Å². The van der Waals surface area contributed by atoms with Crippen molar-refractivity contribution < 1.29 is 17.9 Å². The lowest BCUT2D eigenvalue weighted by atomic mass is 10.1. The van der Waals surface area contributed by atoms with Gasteiger partial charge in [-0.3, -0.25) is 4.79 Å². The van der Waals surface area contributed by atoms with E-state index in [0.29, 0.717) is 17.9 Å². The molecular weight excluding hydrogens is 266 g/mol. The molecule has 1 aromatic carbocycles. The molecule has 5 nitrogen and oxygen atoms in total. The maximum atomic E-state index is 12.5. The number of fused-ring (bicyclic) bond motifs is 1. The predicted molar refractivity (Wildman–Crippen MR) is 72.1 cm³/mol. The van der Waals surface area contributed by atoms with Crippen molar-refractivity contribution in [3.05, 3.63) is 18.2 Å². The molecule has 1 atom stereocenters. The largest absolute Gasteiger partial charge is 0.490 e. The van der Waals surface area contributed by atoms with Gasteiger partial charge >= 0.3 is 0 Å². The molecule has 1 heterocycles. The van der Waals surface area contributed by atoms with Crippen molar-refractivity contribution in [2.75, 3.05) is 11.9 Å². The molecule has 0 saturated heterocycles. The van der Waals surface area contributed by atoms with Crippen LogP contribution in [0.4, 0.5) is 5.69 Å². The molecule has 0 radical (unpaired) electrons. The second-order valence-corrected chi connectivity index (χ2v) is 7.37. The molecule has 1 aliphatic rings. The number of nitrogens with one attached hydrogen (secondary N) is 1. The Balaban J connectivity index is 2.49. The van der Waals surface area contributed by atoms with Gasteiger partial charge in [0.2, 0.25) is 5.91 Å². The summed E-state index contributed by atoms with van der Waals surface area (Å²) in [5.41, 5.74) is 0.529. The van der Waals surface area contributed by atoms with E-state index in [2.05, 4.69) is 5.32 Å². The fraction of sp³-hybridized carbons (Fsp3) is 0.462. The third-order valence-corrected chi connectivity index (χ3v) is 6.10. The first-order chi connectivity index (χ1) is 8.80. The van der Waals surface area contributed by atoms with Crippen molar-refractivity contribution in [1.82, 2.24) is 0 Å². The van der Waals surface area contributed by atoms with Gasteiger partial charge in [0.25, 0.3) is 0 Å². The minimum absolute atomic E-state index is 0.127. The summed E-state index contributed by atoms with van der Waals surface area (Å²) in [6.45, 7) is 5.04. The van der Waals surface area contributed by atoms with Crippen LogP contribution in [0.5, 0.6) is 5.75 Å². The quantitative estimate of drug-likeness (QED) is 0.900. The molecule has 0 saturated carbocycles. The first kappa shape index (κ1) is 13.9. The summed E-state index contributed by atoms with van der Waals surface area (Å²) in [4.78, 5) is 11.2. The molecule has 0 spiro atoms. The van der Waals surface area contributed by atoms with Crippen LogP contribution in [-0.2, 0) is 14.6 Å². The summed E-state index contributed by atoms with van der Waals surface area (Å²) in [6, 6.07) is 4.61. The Morgan fingerprint density at radius 3 is 2.74 bits per heavy atom. The number of ether oxygens (including phenoxy) is 1. The van der Waals surface area contributed by atoms with Gasteiger partial charge in [0.05, 0.1) is 0 Å². The number of benzene rings is 1. The second-order valence-electron chi connectivity index (χ2n) is 4.94. The van der Waals surface area contributed by atoms with Crippen LogP contribution in [0.25, 0.3) is 0 Å². The molecule has 1 aromatic rings. The van der Waals surface area contributed by atoms with Crippen LogP contribution in [0.3, 0.4) is 0 Å². The highest BCUT2D eigenvalue weighted by molar-refractivity contribution is 7.93. The lowest BCUT2D eigenvalue weighted by molar-refractivity contribution is -0.114. The van der Waals surface area contributed by atoms with E-state index in [-0.39, 0.29) is 17.4 Å². The van der Waals surface area contributed by atoms with Gasteiger partial charge in [0, 0.05) is 18.7 Å². The van der Waals surface area contributed by atoms with Gasteiger partial charge in [-0.25, -0.2) is 8.42 Å². The Kier molecular flexibility index (Phi) is 3.30. The monoisotopic (exact) mass is 283 g/mol. The molecule has 0 bridgehead atoms. The van der Waals surface area contributed by atoms with E-state index < -0.39 is 14.6 Å². The molecule has 2 rings (SSSR count). The first-order valence-corrected chi connectivity index (χ1v) is 7.57. The highest BCUT2D eigenvalue weighted by Gasteiger charge is 2.44. The Hall–Kier alpha value is -1.56. The van der Waals surface area contributed by atoms with Gasteiger partial charge in [-0.05, 0) is 25.5 Å². The number of carbonyl (C=O) groups excluding carboxylic acids is 1. The van der Waals surface area contributed by atoms with Crippen LogP contribution in [-0.4, -0.2) is 25.7 Å². The standard InChI is InChI=1S/C13H17NO4S/c1-4-13(3)8-18-11-7-10(14-9(2)15)5-6-12(11)19(13,16)17/h5-7H,4,8H2,1-3H3,(H,14,15). The van der Waals surface area contributed by atoms with E-state index in [1.807, 2.05) is 6.92 Å². The van der Waals surface area contributed by atoms with E-state index in [9.17, 15) is 13.2 Å². The van der Waals surface area contributed by atoms with Crippen molar-refractivity contribution in [3.8, 4) is 5.75 Å². The molecule has 1 amide bonds. The van der Waals surface area contributed by atoms with Gasteiger partial charge in [-0.15, -0.1) is 0 Å². The zero-order valence-corrected chi connectivity index (χ0v) is 12.0. The van der Waals surface area contributed by atoms with E-state index in [1.54, 1.807) is 19.1 Å². The van der Waals surface area contributed by atoms with Crippen LogP contribution in [0.1, 0.15) is 27.2 Å². The number of hydrogen-bond acceptors (Lipinski definition) is 4. The summed E-state index contributed by atoms with van der Waals surface area (Å²) in [7, 11) is -3.42. The van der Waals surface area contributed by atoms with E-state index >= 15 is 0 Å². The molecule has 0 aromatic heterocycles. The average Bonchev–Trinajstić information content (AvgIpc) is 2.33. The molecule has 0 aliphatic carbocycles. The minimum Gasteiger partial charge on any atom is -0.490 e. The molecule has 1 aliphatic heterocycles. The molecule has 6 heteroatoms. The molecular formula is C13H17NO4S. The Bertz CT molecular complexity index is 624. The SMILES string of the molecule is CCC1(C)COc2cc(NC(C)=O)ccc2S1(=O)=O. The molecule has 1 unspecified atom stereocenters. The summed E-state index contributed by atoms with van der Waals surface area (Å²) in [6.07, 6.45) is 0.488. The van der Waals surface area contributed by atoms with Gasteiger partial charge < -0.3 is 10.1 Å². The van der Waals surface area contributed by atoms with Gasteiger partial charge in [0.15, 0.2) is 9.84 Å². The predicted octanol–water partition coefficient (Wildman–Crippen LogP) is 1.98. The van der Waals surface area contributed by atoms with Crippen molar-refractivity contribution in [3.63, 3.8) is 0 Å². The van der Waals surface area contributed by atoms with Gasteiger partial charge in [-0.2, -0.15) is 0 Å². The lowest BCUT2D eigenvalue weighted by Crippen LogP contribution is -2.44. The fourth-order valence-electron chi connectivity index (χ4n) is 1.99. The summed E-state index contributed by atoms with van der Waals surface area (Å²) >= 11 is 0. The van der Waals surface area contributed by atoms with Crippen LogP contribution in [0, 0.1) is 0 Å². The van der Waals surface area contributed by atoms with Crippen LogP contribution < -0.4 is 10.1 Å². The minimum atomic E-state index is -3.42. The van der Waals surface area contributed by atoms with Crippen LogP contribution >= 0.6 is 0 Å². The molecule has 19 heavy (non-hydrogen) atoms. The van der Waals surface area contributed by atoms with Crippen molar-refractivity contribution in [2.45, 2.75) is 36.8 Å². The molecule has 1 N–H and O–H groups in total. The molecule has 0 fully saturated rings. The Morgan fingerprint density at radius 2 is 2.16 bits per heavy atom. The third kappa shape index (κ3) is 2.20. The van der Waals surface area contributed by atoms with Crippen LogP contribution in [0.15, 0.2) is 23.1 Å². The third-order valence-electron chi connectivity index (χ3n) is 3.48. The zero-order chi connectivity index (χ0) is 14.3. The van der Waals surface area contributed by atoms with Crippen molar-refractivity contribution >= 4 is 21.4 Å².